The van der Waals surface area contributed by atoms with E-state index in [4.69, 9.17) is 24.7 Å². The summed E-state index contributed by atoms with van der Waals surface area (Å²) in [7, 11) is 3.07. The van der Waals surface area contributed by atoms with Gasteiger partial charge in [0.1, 0.15) is 6.29 Å². The largest absolute Gasteiger partial charge is 0.493 e. The molecule has 0 bridgehead atoms. The van der Waals surface area contributed by atoms with E-state index in [1.807, 2.05) is 11.0 Å². The Labute approximate surface area is 239 Å². The molecule has 2 saturated heterocycles. The van der Waals surface area contributed by atoms with Crippen LogP contribution in [0.1, 0.15) is 59.2 Å². The second-order valence-corrected chi connectivity index (χ2v) is 10.6. The van der Waals surface area contributed by atoms with Crippen molar-refractivity contribution in [3.63, 3.8) is 0 Å². The topological polar surface area (TPSA) is 133 Å². The van der Waals surface area contributed by atoms with E-state index in [9.17, 15) is 14.4 Å². The van der Waals surface area contributed by atoms with Crippen LogP contribution in [0.4, 0.5) is 11.4 Å². The molecule has 2 aromatic rings. The molecule has 0 aliphatic carbocycles. The van der Waals surface area contributed by atoms with E-state index in [2.05, 4.69) is 5.32 Å². The SMILES string of the molecule is COc1cc(C(=O)N2CCC[C@H]2C=O)c(N)cc1OCCCCOc1cc2c(cc1OC)C(=O)N1CCC[C@H]1CN2. The molecule has 0 saturated carbocycles. The Bertz CT molecular complexity index is 1300. The number of nitrogens with zero attached hydrogens (tertiary/aromatic N) is 2. The van der Waals surface area contributed by atoms with Crippen LogP contribution in [0.25, 0.3) is 0 Å². The lowest BCUT2D eigenvalue weighted by Crippen LogP contribution is -2.36. The summed E-state index contributed by atoms with van der Waals surface area (Å²) in [6, 6.07) is 6.57. The van der Waals surface area contributed by atoms with Gasteiger partial charge in [-0.05, 0) is 50.7 Å². The molecule has 3 heterocycles. The van der Waals surface area contributed by atoms with Gasteiger partial charge in [0, 0.05) is 43.5 Å². The molecule has 2 amide bonds. The van der Waals surface area contributed by atoms with Gasteiger partial charge in [-0.1, -0.05) is 0 Å². The number of methoxy groups -OCH3 is 2. The molecule has 3 aliphatic rings. The second-order valence-electron chi connectivity index (χ2n) is 10.6. The molecule has 11 nitrogen and oxygen atoms in total. The Kier molecular flexibility index (Phi) is 8.70. The van der Waals surface area contributed by atoms with E-state index in [0.717, 1.165) is 44.3 Å². The average Bonchev–Trinajstić information content (AvgIpc) is 3.64. The Morgan fingerprint density at radius 3 is 2.37 bits per heavy atom. The zero-order chi connectivity index (χ0) is 28.9. The predicted molar refractivity (Wildman–Crippen MR) is 153 cm³/mol. The Morgan fingerprint density at radius 2 is 1.66 bits per heavy atom. The fourth-order valence-corrected chi connectivity index (χ4v) is 5.80. The number of nitrogen functional groups attached to an aromatic ring is 1. The molecule has 11 heteroatoms. The minimum atomic E-state index is -0.423. The molecule has 2 atom stereocenters. The van der Waals surface area contributed by atoms with Crippen LogP contribution >= 0.6 is 0 Å². The first-order valence-electron chi connectivity index (χ1n) is 14.2. The van der Waals surface area contributed by atoms with Crippen molar-refractivity contribution in [1.82, 2.24) is 9.80 Å². The van der Waals surface area contributed by atoms with Gasteiger partial charge in [-0.15, -0.1) is 0 Å². The molecule has 0 spiro atoms. The van der Waals surface area contributed by atoms with E-state index in [0.29, 0.717) is 73.1 Å². The normalized spacial score (nSPS) is 19.6. The molecule has 2 aromatic carbocycles. The number of aldehydes is 1. The Hall–Kier alpha value is -4.15. The number of carbonyl (C=O) groups excluding carboxylic acids is 3. The summed E-state index contributed by atoms with van der Waals surface area (Å²) in [4.78, 5) is 40.9. The van der Waals surface area contributed by atoms with Crippen LogP contribution in [0.2, 0.25) is 0 Å². The van der Waals surface area contributed by atoms with Crippen molar-refractivity contribution in [2.75, 3.05) is 58.1 Å². The van der Waals surface area contributed by atoms with Gasteiger partial charge in [-0.3, -0.25) is 9.59 Å². The van der Waals surface area contributed by atoms with E-state index in [1.165, 1.54) is 7.11 Å². The number of likely N-dealkylation sites (tertiary alicyclic amines) is 1. The quantitative estimate of drug-likeness (QED) is 0.239. The molecule has 3 aliphatic heterocycles. The van der Waals surface area contributed by atoms with Crippen LogP contribution in [-0.4, -0.2) is 87.1 Å². The van der Waals surface area contributed by atoms with Gasteiger partial charge >= 0.3 is 0 Å². The predicted octanol–water partition coefficient (Wildman–Crippen LogP) is 3.36. The van der Waals surface area contributed by atoms with Crippen molar-refractivity contribution in [2.24, 2.45) is 0 Å². The maximum absolute atomic E-state index is 13.1. The van der Waals surface area contributed by atoms with Gasteiger partial charge in [0.05, 0.1) is 50.3 Å². The Morgan fingerprint density at radius 1 is 0.976 bits per heavy atom. The Balaban J connectivity index is 1.15. The highest BCUT2D eigenvalue weighted by Gasteiger charge is 2.34. The van der Waals surface area contributed by atoms with Gasteiger partial charge < -0.3 is 44.6 Å². The minimum absolute atomic E-state index is 0.0316. The third-order valence-electron chi connectivity index (χ3n) is 8.04. The van der Waals surface area contributed by atoms with Crippen molar-refractivity contribution >= 4 is 29.5 Å². The number of nitrogens with one attached hydrogen (secondary N) is 1. The number of anilines is 2. The molecule has 5 rings (SSSR count). The summed E-state index contributed by atoms with van der Waals surface area (Å²) in [5.74, 6) is 1.70. The molecule has 220 valence electrons. The maximum Gasteiger partial charge on any atom is 0.256 e. The summed E-state index contributed by atoms with van der Waals surface area (Å²) >= 11 is 0. The summed E-state index contributed by atoms with van der Waals surface area (Å²) in [6.45, 7) is 2.86. The lowest BCUT2D eigenvalue weighted by molar-refractivity contribution is -0.111. The number of ether oxygens (including phenoxy) is 4. The molecule has 0 radical (unpaired) electrons. The first kappa shape index (κ1) is 28.4. The van der Waals surface area contributed by atoms with Crippen molar-refractivity contribution in [2.45, 2.75) is 50.6 Å². The number of amides is 2. The smallest absolute Gasteiger partial charge is 0.256 e. The van der Waals surface area contributed by atoms with Crippen molar-refractivity contribution in [1.29, 1.82) is 0 Å². The lowest BCUT2D eigenvalue weighted by Gasteiger charge is -2.22. The monoisotopic (exact) mass is 566 g/mol. The van der Waals surface area contributed by atoms with Crippen molar-refractivity contribution < 1.29 is 33.3 Å². The zero-order valence-electron chi connectivity index (χ0n) is 23.6. The highest BCUT2D eigenvalue weighted by Crippen LogP contribution is 2.37. The van der Waals surface area contributed by atoms with Gasteiger partial charge in [-0.2, -0.15) is 0 Å². The van der Waals surface area contributed by atoms with Crippen LogP contribution < -0.4 is 30.0 Å². The minimum Gasteiger partial charge on any atom is -0.493 e. The second kappa shape index (κ2) is 12.6. The van der Waals surface area contributed by atoms with Crippen LogP contribution in [0.5, 0.6) is 23.0 Å². The van der Waals surface area contributed by atoms with Crippen LogP contribution in [0.3, 0.4) is 0 Å². The molecule has 0 unspecified atom stereocenters. The van der Waals surface area contributed by atoms with Crippen molar-refractivity contribution in [3.05, 3.63) is 35.4 Å². The molecule has 3 N–H and O–H groups in total. The van der Waals surface area contributed by atoms with Crippen LogP contribution in [0.15, 0.2) is 24.3 Å². The van der Waals surface area contributed by atoms with Gasteiger partial charge in [0.15, 0.2) is 23.0 Å². The molecular weight excluding hydrogens is 528 g/mol. The summed E-state index contributed by atoms with van der Waals surface area (Å²) < 4.78 is 23.0. The number of carbonyl (C=O) groups is 3. The first-order chi connectivity index (χ1) is 19.9. The van der Waals surface area contributed by atoms with Gasteiger partial charge in [0.2, 0.25) is 0 Å². The van der Waals surface area contributed by atoms with Gasteiger partial charge in [0.25, 0.3) is 11.8 Å². The number of hydrogen-bond donors (Lipinski definition) is 2. The molecule has 41 heavy (non-hydrogen) atoms. The fourth-order valence-electron chi connectivity index (χ4n) is 5.80. The summed E-state index contributed by atoms with van der Waals surface area (Å²) in [5, 5.41) is 3.42. The third kappa shape index (κ3) is 5.84. The van der Waals surface area contributed by atoms with E-state index < -0.39 is 6.04 Å². The number of hydrogen-bond acceptors (Lipinski definition) is 9. The summed E-state index contributed by atoms with van der Waals surface area (Å²) in [6.07, 6.45) is 5.69. The number of fused-ring (bicyclic) bond motifs is 2. The van der Waals surface area contributed by atoms with E-state index in [-0.39, 0.29) is 23.5 Å². The van der Waals surface area contributed by atoms with E-state index >= 15 is 0 Å². The third-order valence-corrected chi connectivity index (χ3v) is 8.04. The van der Waals surface area contributed by atoms with Crippen molar-refractivity contribution in [3.8, 4) is 23.0 Å². The fraction of sp³-hybridized carbons (Fsp3) is 0.500. The maximum atomic E-state index is 13.1. The first-order valence-corrected chi connectivity index (χ1v) is 14.2. The number of rotatable bonds is 11. The molecular formula is C30H38N4O7. The average molecular weight is 567 g/mol. The number of unbranched alkanes of at least 4 members (excludes halogenated alkanes) is 1. The summed E-state index contributed by atoms with van der Waals surface area (Å²) in [5.41, 5.74) is 8.14. The van der Waals surface area contributed by atoms with Gasteiger partial charge in [-0.25, -0.2) is 0 Å². The molecule has 0 aromatic heterocycles. The van der Waals surface area contributed by atoms with Crippen LogP contribution in [0, 0.1) is 0 Å². The number of benzene rings is 2. The lowest BCUT2D eigenvalue weighted by atomic mass is 10.1. The molecule has 2 fully saturated rings. The highest BCUT2D eigenvalue weighted by atomic mass is 16.5. The van der Waals surface area contributed by atoms with E-state index in [1.54, 1.807) is 30.2 Å². The highest BCUT2D eigenvalue weighted by molar-refractivity contribution is 6.02. The number of nitrogens with two attached hydrogens (primary N) is 1. The zero-order valence-corrected chi connectivity index (χ0v) is 23.6. The van der Waals surface area contributed by atoms with Crippen LogP contribution in [-0.2, 0) is 4.79 Å². The standard InChI is InChI=1S/C30H38N4O7/c1-38-25-13-21(29(36)34-10-6-8-20(34)18-35)23(31)15-27(25)40-11-3-4-12-41-28-16-24-22(14-26(28)39-2)30(37)33-9-5-7-19(33)17-32-24/h13-16,18-20,32H,3-12,17,31H2,1-2H3/t19-,20-/m0/s1.